The van der Waals surface area contributed by atoms with Crippen molar-refractivity contribution in [2.45, 2.75) is 24.6 Å². The third-order valence-electron chi connectivity index (χ3n) is 1.84. The summed E-state index contributed by atoms with van der Waals surface area (Å²) in [6, 6.07) is 0. The summed E-state index contributed by atoms with van der Waals surface area (Å²) in [5.41, 5.74) is 0. The molecule has 0 aromatic rings. The van der Waals surface area contributed by atoms with Gasteiger partial charge in [-0.1, -0.05) is 0 Å². The van der Waals surface area contributed by atoms with Crippen LogP contribution in [0.1, 0.15) is 0 Å². The summed E-state index contributed by atoms with van der Waals surface area (Å²) in [7, 11) is 0. The van der Waals surface area contributed by atoms with Gasteiger partial charge in [-0.05, 0) is 0 Å². The molecule has 2 saturated heterocycles. The summed E-state index contributed by atoms with van der Waals surface area (Å²) in [4.78, 5) is 0. The number of fused-ring (bicyclic) bond motifs is 1. The second-order valence-electron chi connectivity index (χ2n) is 2.57. The molecule has 2 fully saturated rings. The van der Waals surface area contributed by atoms with Crippen molar-refractivity contribution in [1.82, 2.24) is 0 Å². The molecular formula is C5H8O6S. The van der Waals surface area contributed by atoms with Crippen LogP contribution in [0.2, 0.25) is 0 Å². The van der Waals surface area contributed by atoms with Gasteiger partial charge in [-0.15, -0.1) is 0 Å². The van der Waals surface area contributed by atoms with E-state index in [1.165, 1.54) is 0 Å². The third kappa shape index (κ3) is 1.18. The Kier molecular flexibility index (Phi) is 2.15. The molecule has 2 N–H and O–H groups in total. The molecule has 5 atom stereocenters. The van der Waals surface area contributed by atoms with Crippen LogP contribution in [0.5, 0.6) is 0 Å². The summed E-state index contributed by atoms with van der Waals surface area (Å²) in [5.74, 6) is 0. The number of rotatable bonds is 1. The minimum absolute atomic E-state index is 0.293. The molecule has 2 unspecified atom stereocenters. The molecule has 6 nitrogen and oxygen atoms in total. The zero-order valence-electron chi connectivity index (χ0n) is 5.95. The summed E-state index contributed by atoms with van der Waals surface area (Å²) < 4.78 is 25.0. The smallest absolute Gasteiger partial charge is 0.305 e. The first-order valence-electron chi connectivity index (χ1n) is 3.43. The molecule has 2 heterocycles. The van der Waals surface area contributed by atoms with E-state index in [1.54, 1.807) is 0 Å². The molecule has 0 aliphatic carbocycles. The molecule has 0 spiro atoms. The van der Waals surface area contributed by atoms with Gasteiger partial charge in [0.15, 0.2) is 12.4 Å². The van der Waals surface area contributed by atoms with Crippen molar-refractivity contribution in [1.29, 1.82) is 0 Å². The van der Waals surface area contributed by atoms with E-state index in [4.69, 9.17) is 23.3 Å². The Balaban J connectivity index is 2.13. The van der Waals surface area contributed by atoms with E-state index >= 15 is 0 Å². The van der Waals surface area contributed by atoms with E-state index in [9.17, 15) is 4.21 Å². The maximum atomic E-state index is 10.7. The minimum atomic E-state index is -1.83. The number of hydrogen-bond donors (Lipinski definition) is 2. The summed E-state index contributed by atoms with van der Waals surface area (Å²) in [6.07, 6.45) is -3.20. The topological polar surface area (TPSA) is 85.2 Å². The average Bonchev–Trinajstić information content (AvgIpc) is 2.52. The van der Waals surface area contributed by atoms with Gasteiger partial charge in [0.25, 0.3) is 0 Å². The minimum Gasteiger partial charge on any atom is -0.394 e. The van der Waals surface area contributed by atoms with E-state index in [2.05, 4.69) is 0 Å². The fourth-order valence-corrected chi connectivity index (χ4v) is 2.12. The molecule has 0 amide bonds. The highest BCUT2D eigenvalue weighted by molar-refractivity contribution is 7.75. The molecular weight excluding hydrogens is 188 g/mol. The van der Waals surface area contributed by atoms with Crippen molar-refractivity contribution in [3.8, 4) is 0 Å². The van der Waals surface area contributed by atoms with E-state index in [0.29, 0.717) is 0 Å². The molecule has 12 heavy (non-hydrogen) atoms. The van der Waals surface area contributed by atoms with Crippen molar-refractivity contribution >= 4 is 11.4 Å². The normalized spacial score (nSPS) is 52.7. The maximum absolute atomic E-state index is 10.7. The van der Waals surface area contributed by atoms with Gasteiger partial charge in [0.1, 0.15) is 12.2 Å². The van der Waals surface area contributed by atoms with Crippen LogP contribution in [-0.2, 0) is 24.5 Å². The lowest BCUT2D eigenvalue weighted by Crippen LogP contribution is -2.31. The molecule has 0 radical (unpaired) electrons. The SMILES string of the molecule is O=S1O[C@@H]2[C@@H](CO)OC(O)[C@@H]2O1. The molecule has 2 rings (SSSR count). The second kappa shape index (κ2) is 3.02. The number of aliphatic hydroxyl groups is 2. The Morgan fingerprint density at radius 1 is 1.33 bits per heavy atom. The first-order valence-corrected chi connectivity index (χ1v) is 4.43. The van der Waals surface area contributed by atoms with Crippen LogP contribution in [0, 0.1) is 0 Å². The lowest BCUT2D eigenvalue weighted by Gasteiger charge is -2.09. The average molecular weight is 196 g/mol. The third-order valence-corrected chi connectivity index (χ3v) is 2.60. The Morgan fingerprint density at radius 3 is 2.67 bits per heavy atom. The second-order valence-corrected chi connectivity index (χ2v) is 3.37. The van der Waals surface area contributed by atoms with Crippen LogP contribution in [0.15, 0.2) is 0 Å². The lowest BCUT2D eigenvalue weighted by atomic mass is 10.1. The zero-order valence-corrected chi connectivity index (χ0v) is 6.77. The molecule has 70 valence electrons. The van der Waals surface area contributed by atoms with E-state index < -0.39 is 36.0 Å². The highest BCUT2D eigenvalue weighted by atomic mass is 32.2. The zero-order chi connectivity index (χ0) is 8.72. The Hall–Kier alpha value is -0.0500. The van der Waals surface area contributed by atoms with Crippen molar-refractivity contribution in [3.63, 3.8) is 0 Å². The Bertz CT molecular complexity index is 208. The monoisotopic (exact) mass is 196 g/mol. The first kappa shape index (κ1) is 8.54. The Labute approximate surface area is 70.9 Å². The summed E-state index contributed by atoms with van der Waals surface area (Å²) in [6.45, 7) is -0.293. The van der Waals surface area contributed by atoms with Gasteiger partial charge < -0.3 is 14.9 Å². The molecule has 0 bridgehead atoms. The Morgan fingerprint density at radius 2 is 2.00 bits per heavy atom. The van der Waals surface area contributed by atoms with Crippen LogP contribution in [-0.4, -0.2) is 45.6 Å². The van der Waals surface area contributed by atoms with Gasteiger partial charge in [0, 0.05) is 0 Å². The molecule has 0 aromatic heterocycles. The molecule has 0 saturated carbocycles. The first-order chi connectivity index (χ1) is 5.72. The summed E-state index contributed by atoms with van der Waals surface area (Å²) in [5, 5.41) is 17.9. The molecule has 2 aliphatic rings. The molecule has 0 aromatic carbocycles. The quantitative estimate of drug-likeness (QED) is 0.507. The highest BCUT2D eigenvalue weighted by Gasteiger charge is 2.52. The van der Waals surface area contributed by atoms with Crippen LogP contribution in [0.3, 0.4) is 0 Å². The number of ether oxygens (including phenoxy) is 1. The predicted molar refractivity (Wildman–Crippen MR) is 35.9 cm³/mol. The van der Waals surface area contributed by atoms with Crippen molar-refractivity contribution in [2.75, 3.05) is 6.61 Å². The van der Waals surface area contributed by atoms with Gasteiger partial charge >= 0.3 is 11.4 Å². The molecule has 7 heteroatoms. The van der Waals surface area contributed by atoms with E-state index in [-0.39, 0.29) is 6.61 Å². The van der Waals surface area contributed by atoms with Crippen molar-refractivity contribution in [3.05, 3.63) is 0 Å². The number of hydrogen-bond acceptors (Lipinski definition) is 6. The van der Waals surface area contributed by atoms with Gasteiger partial charge in [-0.25, -0.2) is 0 Å². The predicted octanol–water partition coefficient (Wildman–Crippen LogP) is -1.94. The van der Waals surface area contributed by atoms with Gasteiger partial charge in [-0.3, -0.25) is 8.37 Å². The highest BCUT2D eigenvalue weighted by Crippen LogP contribution is 2.31. The van der Waals surface area contributed by atoms with E-state index in [0.717, 1.165) is 0 Å². The van der Waals surface area contributed by atoms with Crippen molar-refractivity contribution < 1.29 is 27.5 Å². The summed E-state index contributed by atoms with van der Waals surface area (Å²) >= 11 is -1.83. The van der Waals surface area contributed by atoms with Crippen LogP contribution in [0.25, 0.3) is 0 Å². The lowest BCUT2D eigenvalue weighted by molar-refractivity contribution is -0.129. The van der Waals surface area contributed by atoms with Crippen LogP contribution in [0.4, 0.5) is 0 Å². The van der Waals surface area contributed by atoms with Crippen LogP contribution >= 0.6 is 0 Å². The largest absolute Gasteiger partial charge is 0.394 e. The maximum Gasteiger partial charge on any atom is 0.305 e. The van der Waals surface area contributed by atoms with Gasteiger partial charge in [0.05, 0.1) is 6.61 Å². The standard InChI is InChI=1S/C5H8O6S/c6-1-2-3-4(5(7)9-2)11-12(8)10-3/h2-7H,1H2/t2-,3-,4-,5?,12?/m1/s1. The van der Waals surface area contributed by atoms with Gasteiger partial charge in [-0.2, -0.15) is 4.21 Å². The fourth-order valence-electron chi connectivity index (χ4n) is 1.28. The van der Waals surface area contributed by atoms with Crippen molar-refractivity contribution in [2.24, 2.45) is 0 Å². The fraction of sp³-hybridized carbons (Fsp3) is 1.00. The molecule has 2 aliphatic heterocycles. The number of aliphatic hydroxyl groups excluding tert-OH is 2. The van der Waals surface area contributed by atoms with E-state index in [1.807, 2.05) is 0 Å². The van der Waals surface area contributed by atoms with Gasteiger partial charge in [0.2, 0.25) is 0 Å². The van der Waals surface area contributed by atoms with Crippen LogP contribution < -0.4 is 0 Å².